The van der Waals surface area contributed by atoms with Crippen LogP contribution >= 0.6 is 0 Å². The van der Waals surface area contributed by atoms with Crippen molar-refractivity contribution in [3.05, 3.63) is 77.4 Å². The van der Waals surface area contributed by atoms with Crippen LogP contribution in [0.25, 0.3) is 5.76 Å². The summed E-state index contributed by atoms with van der Waals surface area (Å²) in [5, 5.41) is 10.7. The molecular formula is C20H20N2O3. The van der Waals surface area contributed by atoms with Gasteiger partial charge in [-0.2, -0.15) is 0 Å². The second kappa shape index (κ2) is 6.91. The number of hydrogen-bond donors (Lipinski definition) is 2. The van der Waals surface area contributed by atoms with Gasteiger partial charge in [-0.3, -0.25) is 9.59 Å². The number of amides is 1. The molecule has 1 amide bonds. The molecular weight excluding hydrogens is 316 g/mol. The van der Waals surface area contributed by atoms with Crippen molar-refractivity contribution in [2.45, 2.75) is 19.0 Å². The first-order valence-electron chi connectivity index (χ1n) is 8.15. The number of benzene rings is 2. The van der Waals surface area contributed by atoms with Crippen LogP contribution in [-0.2, 0) is 9.59 Å². The number of carbonyl (C=O) groups is 2. The van der Waals surface area contributed by atoms with Crippen molar-refractivity contribution in [1.82, 2.24) is 4.90 Å². The number of rotatable bonds is 4. The Hall–Kier alpha value is -2.92. The van der Waals surface area contributed by atoms with Crippen LogP contribution in [-0.4, -0.2) is 34.3 Å². The largest absolute Gasteiger partial charge is 0.507 e. The molecule has 0 saturated carbocycles. The standard InChI is InChI=1S/C20H20N2O3/c1-13(21)12-22-17(14-8-4-2-5-9-14)16(19(24)20(22)25)18(23)15-10-6-3-7-11-15/h2-11,13,17,23H,12,21H2,1H3/t13-,17-/m0/s1. The van der Waals surface area contributed by atoms with Crippen LogP contribution in [0.15, 0.2) is 66.2 Å². The van der Waals surface area contributed by atoms with E-state index in [2.05, 4.69) is 0 Å². The molecule has 0 unspecified atom stereocenters. The highest BCUT2D eigenvalue weighted by molar-refractivity contribution is 6.46. The Morgan fingerprint density at radius 1 is 1.08 bits per heavy atom. The van der Waals surface area contributed by atoms with E-state index in [0.29, 0.717) is 5.56 Å². The fourth-order valence-electron chi connectivity index (χ4n) is 3.11. The number of ketones is 1. The van der Waals surface area contributed by atoms with E-state index >= 15 is 0 Å². The Morgan fingerprint density at radius 3 is 2.20 bits per heavy atom. The summed E-state index contributed by atoms with van der Waals surface area (Å²) >= 11 is 0. The Kier molecular flexibility index (Phi) is 4.67. The molecule has 0 aromatic heterocycles. The van der Waals surface area contributed by atoms with Gasteiger partial charge in [-0.15, -0.1) is 0 Å². The van der Waals surface area contributed by atoms with E-state index < -0.39 is 17.7 Å². The average Bonchev–Trinajstić information content (AvgIpc) is 2.87. The van der Waals surface area contributed by atoms with Gasteiger partial charge in [0.05, 0.1) is 11.6 Å². The molecule has 1 heterocycles. The zero-order valence-corrected chi connectivity index (χ0v) is 13.9. The van der Waals surface area contributed by atoms with E-state index in [9.17, 15) is 14.7 Å². The summed E-state index contributed by atoms with van der Waals surface area (Å²) in [7, 11) is 0. The summed E-state index contributed by atoms with van der Waals surface area (Å²) in [5.74, 6) is -1.49. The molecule has 25 heavy (non-hydrogen) atoms. The molecule has 3 rings (SSSR count). The average molecular weight is 336 g/mol. The molecule has 0 aliphatic carbocycles. The van der Waals surface area contributed by atoms with Crippen molar-refractivity contribution in [3.8, 4) is 0 Å². The highest BCUT2D eigenvalue weighted by atomic mass is 16.3. The third-order valence-corrected chi connectivity index (χ3v) is 4.19. The third-order valence-electron chi connectivity index (χ3n) is 4.19. The quantitative estimate of drug-likeness (QED) is 0.510. The van der Waals surface area contributed by atoms with Crippen molar-refractivity contribution in [3.63, 3.8) is 0 Å². The normalized spacial score (nSPS) is 20.7. The molecule has 1 saturated heterocycles. The molecule has 1 aliphatic heterocycles. The SMILES string of the molecule is C[C@H](N)CN1C(=O)C(=O)C(=C(O)c2ccccc2)[C@@H]1c1ccccc1. The molecule has 2 aromatic rings. The summed E-state index contributed by atoms with van der Waals surface area (Å²) in [5.41, 5.74) is 7.23. The number of nitrogens with zero attached hydrogens (tertiary/aromatic N) is 1. The molecule has 128 valence electrons. The van der Waals surface area contributed by atoms with Crippen LogP contribution < -0.4 is 5.73 Å². The third kappa shape index (κ3) is 3.19. The van der Waals surface area contributed by atoms with Crippen molar-refractivity contribution in [2.24, 2.45) is 5.73 Å². The van der Waals surface area contributed by atoms with Gasteiger partial charge in [0.25, 0.3) is 11.7 Å². The van der Waals surface area contributed by atoms with Crippen LogP contribution in [0.2, 0.25) is 0 Å². The summed E-state index contributed by atoms with van der Waals surface area (Å²) in [4.78, 5) is 26.6. The zero-order valence-electron chi connectivity index (χ0n) is 13.9. The Bertz CT molecular complexity index is 813. The lowest BCUT2D eigenvalue weighted by Gasteiger charge is -2.26. The highest BCUT2D eigenvalue weighted by Gasteiger charge is 2.46. The van der Waals surface area contributed by atoms with Gasteiger partial charge in [-0.05, 0) is 12.5 Å². The summed E-state index contributed by atoms with van der Waals surface area (Å²) < 4.78 is 0. The molecule has 0 spiro atoms. The van der Waals surface area contributed by atoms with Crippen LogP contribution in [0.5, 0.6) is 0 Å². The maximum Gasteiger partial charge on any atom is 0.295 e. The predicted molar refractivity (Wildman–Crippen MR) is 95.5 cm³/mol. The minimum atomic E-state index is -0.684. The first-order chi connectivity index (χ1) is 12.0. The van der Waals surface area contributed by atoms with Gasteiger partial charge in [0, 0.05) is 18.2 Å². The van der Waals surface area contributed by atoms with Crippen molar-refractivity contribution < 1.29 is 14.7 Å². The van der Waals surface area contributed by atoms with Crippen LogP contribution in [0.1, 0.15) is 24.1 Å². The molecule has 2 aromatic carbocycles. The first-order valence-corrected chi connectivity index (χ1v) is 8.15. The number of Topliss-reactive ketones (excluding diaryl/α,β-unsaturated/α-hetero) is 1. The first kappa shape index (κ1) is 16.9. The van der Waals surface area contributed by atoms with Crippen molar-refractivity contribution in [2.75, 3.05) is 6.54 Å². The van der Waals surface area contributed by atoms with Gasteiger partial charge in [-0.25, -0.2) is 0 Å². The zero-order chi connectivity index (χ0) is 18.0. The summed E-state index contributed by atoms with van der Waals surface area (Å²) in [6.45, 7) is 2.01. The topological polar surface area (TPSA) is 83.6 Å². The molecule has 0 radical (unpaired) electrons. The fraction of sp³-hybridized carbons (Fsp3) is 0.200. The highest BCUT2D eigenvalue weighted by Crippen LogP contribution is 2.39. The smallest absolute Gasteiger partial charge is 0.295 e. The lowest BCUT2D eigenvalue weighted by atomic mass is 9.95. The number of hydrogen-bond acceptors (Lipinski definition) is 4. The lowest BCUT2D eigenvalue weighted by molar-refractivity contribution is -0.140. The lowest BCUT2D eigenvalue weighted by Crippen LogP contribution is -2.38. The molecule has 5 nitrogen and oxygen atoms in total. The molecule has 5 heteroatoms. The summed E-state index contributed by atoms with van der Waals surface area (Å²) in [6.07, 6.45) is 0. The van der Waals surface area contributed by atoms with E-state index in [-0.39, 0.29) is 23.9 Å². The van der Waals surface area contributed by atoms with E-state index in [1.807, 2.05) is 36.4 Å². The molecule has 0 bridgehead atoms. The predicted octanol–water partition coefficient (Wildman–Crippen LogP) is 2.46. The molecule has 1 fully saturated rings. The number of nitrogens with two attached hydrogens (primary N) is 1. The molecule has 2 atom stereocenters. The second-order valence-corrected chi connectivity index (χ2v) is 6.21. The van der Waals surface area contributed by atoms with E-state index in [4.69, 9.17) is 5.73 Å². The minimum absolute atomic E-state index is 0.100. The maximum atomic E-state index is 12.6. The van der Waals surface area contributed by atoms with Gasteiger partial charge in [-0.1, -0.05) is 60.7 Å². The van der Waals surface area contributed by atoms with Gasteiger partial charge in [0.15, 0.2) is 0 Å². The minimum Gasteiger partial charge on any atom is -0.507 e. The number of carbonyl (C=O) groups excluding carboxylic acids is 2. The van der Waals surface area contributed by atoms with Gasteiger partial charge in [0.2, 0.25) is 0 Å². The van der Waals surface area contributed by atoms with Crippen LogP contribution in [0.4, 0.5) is 0 Å². The monoisotopic (exact) mass is 336 g/mol. The van der Waals surface area contributed by atoms with Gasteiger partial charge >= 0.3 is 0 Å². The molecule has 3 N–H and O–H groups in total. The van der Waals surface area contributed by atoms with Crippen LogP contribution in [0.3, 0.4) is 0 Å². The van der Waals surface area contributed by atoms with Crippen molar-refractivity contribution in [1.29, 1.82) is 0 Å². The second-order valence-electron chi connectivity index (χ2n) is 6.21. The summed E-state index contributed by atoms with van der Waals surface area (Å²) in [6, 6.07) is 17.0. The Morgan fingerprint density at radius 2 is 1.64 bits per heavy atom. The number of likely N-dealkylation sites (tertiary alicyclic amines) is 1. The van der Waals surface area contributed by atoms with Gasteiger partial charge in [0.1, 0.15) is 5.76 Å². The van der Waals surface area contributed by atoms with Gasteiger partial charge < -0.3 is 15.7 Å². The van der Waals surface area contributed by atoms with Crippen molar-refractivity contribution >= 4 is 17.4 Å². The van der Waals surface area contributed by atoms with Crippen LogP contribution in [0, 0.1) is 0 Å². The van der Waals surface area contributed by atoms with E-state index in [1.165, 1.54) is 4.90 Å². The van der Waals surface area contributed by atoms with E-state index in [1.54, 1.807) is 31.2 Å². The molecule has 1 aliphatic rings. The number of aliphatic hydroxyl groups is 1. The Balaban J connectivity index is 2.18. The number of aliphatic hydroxyl groups excluding tert-OH is 1. The van der Waals surface area contributed by atoms with E-state index in [0.717, 1.165) is 5.56 Å². The maximum absolute atomic E-state index is 12.6. The Labute approximate surface area is 146 Å². The fourth-order valence-corrected chi connectivity index (χ4v) is 3.11.